The first-order chi connectivity index (χ1) is 12.9. The van der Waals surface area contributed by atoms with Crippen LogP contribution in [0.2, 0.25) is 0 Å². The van der Waals surface area contributed by atoms with Gasteiger partial charge in [-0.05, 0) is 18.2 Å². The van der Waals surface area contributed by atoms with E-state index in [-0.39, 0.29) is 15.5 Å². The molecule has 2 aromatic carbocycles. The van der Waals surface area contributed by atoms with Crippen molar-refractivity contribution in [2.24, 2.45) is 0 Å². The summed E-state index contributed by atoms with van der Waals surface area (Å²) in [5.41, 5.74) is 0.197. The SMILES string of the molecule is COC(=O)c1sc2ccccc2c1S(=O)(=O)Nc1cc(OC)ccc1OC. The standard InChI is InChI=1S/C18H17NO6S2/c1-23-11-8-9-14(24-2)13(10-11)19-27(21,22)17-12-6-4-5-7-15(12)26-16(17)18(20)25-3/h4-10,19H,1-3H3. The van der Waals surface area contributed by atoms with E-state index in [0.29, 0.717) is 21.6 Å². The Labute approximate surface area is 160 Å². The number of sulfonamides is 1. The van der Waals surface area contributed by atoms with E-state index in [0.717, 1.165) is 11.3 Å². The highest BCUT2D eigenvalue weighted by Gasteiger charge is 2.29. The van der Waals surface area contributed by atoms with Crippen molar-refractivity contribution in [1.82, 2.24) is 0 Å². The van der Waals surface area contributed by atoms with Crippen LogP contribution in [0.4, 0.5) is 5.69 Å². The zero-order valence-corrected chi connectivity index (χ0v) is 16.4. The molecule has 0 fully saturated rings. The van der Waals surface area contributed by atoms with Gasteiger partial charge in [-0.2, -0.15) is 0 Å². The van der Waals surface area contributed by atoms with Crippen molar-refractivity contribution in [2.45, 2.75) is 4.90 Å². The Bertz CT molecular complexity index is 1100. The molecule has 27 heavy (non-hydrogen) atoms. The summed E-state index contributed by atoms with van der Waals surface area (Å²) in [7, 11) is -0.00187. The van der Waals surface area contributed by atoms with E-state index in [1.165, 1.54) is 27.4 Å². The lowest BCUT2D eigenvalue weighted by atomic mass is 10.2. The van der Waals surface area contributed by atoms with Gasteiger partial charge in [-0.15, -0.1) is 11.3 Å². The number of anilines is 1. The number of rotatable bonds is 6. The number of esters is 1. The molecule has 0 atom stereocenters. The van der Waals surface area contributed by atoms with Crippen LogP contribution < -0.4 is 14.2 Å². The third kappa shape index (κ3) is 3.56. The number of nitrogens with one attached hydrogen (secondary N) is 1. The number of ether oxygens (including phenoxy) is 3. The second-order valence-electron chi connectivity index (χ2n) is 5.42. The Balaban J connectivity index is 2.17. The normalized spacial score (nSPS) is 11.2. The number of fused-ring (bicyclic) bond motifs is 1. The lowest BCUT2D eigenvalue weighted by Gasteiger charge is -2.13. The summed E-state index contributed by atoms with van der Waals surface area (Å²) in [4.78, 5) is 12.1. The van der Waals surface area contributed by atoms with Crippen LogP contribution >= 0.6 is 11.3 Å². The molecule has 0 unspecified atom stereocenters. The predicted molar refractivity (Wildman–Crippen MR) is 104 cm³/mol. The van der Waals surface area contributed by atoms with Crippen molar-refractivity contribution in [3.05, 3.63) is 47.3 Å². The third-order valence-corrected chi connectivity index (χ3v) is 6.57. The van der Waals surface area contributed by atoms with Gasteiger partial charge in [0.25, 0.3) is 10.0 Å². The first-order valence-electron chi connectivity index (χ1n) is 7.76. The molecule has 7 nitrogen and oxygen atoms in total. The molecule has 1 aromatic heterocycles. The van der Waals surface area contributed by atoms with E-state index >= 15 is 0 Å². The fourth-order valence-corrected chi connectivity index (χ4v) is 5.49. The summed E-state index contributed by atoms with van der Waals surface area (Å²) in [5, 5.41) is 0.442. The molecule has 3 aromatic rings. The molecular weight excluding hydrogens is 390 g/mol. The van der Waals surface area contributed by atoms with Gasteiger partial charge in [0.15, 0.2) is 0 Å². The summed E-state index contributed by atoms with van der Waals surface area (Å²) >= 11 is 1.06. The molecule has 1 N–H and O–H groups in total. The summed E-state index contributed by atoms with van der Waals surface area (Å²) in [6.07, 6.45) is 0. The zero-order valence-electron chi connectivity index (χ0n) is 14.8. The molecular formula is C18H17NO6S2. The molecule has 0 aliphatic heterocycles. The molecule has 1 heterocycles. The minimum atomic E-state index is -4.12. The van der Waals surface area contributed by atoms with Crippen molar-refractivity contribution in [1.29, 1.82) is 0 Å². The van der Waals surface area contributed by atoms with Crippen LogP contribution in [-0.4, -0.2) is 35.7 Å². The minimum absolute atomic E-state index is 0.00747. The van der Waals surface area contributed by atoms with Gasteiger partial charge >= 0.3 is 5.97 Å². The van der Waals surface area contributed by atoms with Crippen molar-refractivity contribution >= 4 is 43.1 Å². The van der Waals surface area contributed by atoms with Gasteiger partial charge in [0.1, 0.15) is 21.3 Å². The minimum Gasteiger partial charge on any atom is -0.497 e. The van der Waals surface area contributed by atoms with Crippen LogP contribution in [-0.2, 0) is 14.8 Å². The molecule has 3 rings (SSSR count). The third-order valence-electron chi connectivity index (χ3n) is 3.84. The number of hydrogen-bond acceptors (Lipinski definition) is 7. The Morgan fingerprint density at radius 3 is 2.44 bits per heavy atom. The fourth-order valence-electron chi connectivity index (χ4n) is 2.61. The maximum absolute atomic E-state index is 13.2. The molecule has 0 spiro atoms. The van der Waals surface area contributed by atoms with Gasteiger partial charge < -0.3 is 14.2 Å². The Morgan fingerprint density at radius 2 is 1.78 bits per heavy atom. The molecule has 0 saturated carbocycles. The topological polar surface area (TPSA) is 90.9 Å². The first kappa shape index (κ1) is 19.0. The lowest BCUT2D eigenvalue weighted by Crippen LogP contribution is -2.16. The number of thiophene rings is 1. The predicted octanol–water partition coefficient (Wildman–Crippen LogP) is 3.51. The van der Waals surface area contributed by atoms with E-state index in [9.17, 15) is 13.2 Å². The van der Waals surface area contributed by atoms with Crippen LogP contribution in [0.3, 0.4) is 0 Å². The second-order valence-corrected chi connectivity index (χ2v) is 8.09. The van der Waals surface area contributed by atoms with Gasteiger partial charge in [0.2, 0.25) is 0 Å². The average molecular weight is 407 g/mol. The Hall–Kier alpha value is -2.78. The van der Waals surface area contributed by atoms with Crippen LogP contribution in [0.25, 0.3) is 10.1 Å². The van der Waals surface area contributed by atoms with E-state index in [4.69, 9.17) is 14.2 Å². The summed E-state index contributed by atoms with van der Waals surface area (Å²) in [6, 6.07) is 11.6. The van der Waals surface area contributed by atoms with Crippen LogP contribution in [0.5, 0.6) is 11.5 Å². The first-order valence-corrected chi connectivity index (χ1v) is 10.1. The highest BCUT2D eigenvalue weighted by molar-refractivity contribution is 7.93. The zero-order chi connectivity index (χ0) is 19.6. The molecule has 0 aliphatic rings. The van der Waals surface area contributed by atoms with Crippen molar-refractivity contribution < 1.29 is 27.4 Å². The highest BCUT2D eigenvalue weighted by atomic mass is 32.2. The van der Waals surface area contributed by atoms with E-state index in [2.05, 4.69) is 4.72 Å². The maximum atomic E-state index is 13.2. The molecule has 0 amide bonds. The molecule has 9 heteroatoms. The summed E-state index contributed by atoms with van der Waals surface area (Å²) in [6.45, 7) is 0. The smallest absolute Gasteiger partial charge is 0.349 e. The fraction of sp³-hybridized carbons (Fsp3) is 0.167. The monoisotopic (exact) mass is 407 g/mol. The largest absolute Gasteiger partial charge is 0.497 e. The van der Waals surface area contributed by atoms with Crippen molar-refractivity contribution in [3.63, 3.8) is 0 Å². The molecule has 0 radical (unpaired) electrons. The summed E-state index contributed by atoms with van der Waals surface area (Å²) in [5.74, 6) is 0.0598. The molecule has 142 valence electrons. The number of benzene rings is 2. The van der Waals surface area contributed by atoms with Crippen LogP contribution in [0.1, 0.15) is 9.67 Å². The van der Waals surface area contributed by atoms with Crippen molar-refractivity contribution in [3.8, 4) is 11.5 Å². The number of carbonyl (C=O) groups excluding carboxylic acids is 1. The number of carbonyl (C=O) groups is 1. The number of hydrogen-bond donors (Lipinski definition) is 1. The molecule has 0 aliphatic carbocycles. The summed E-state index contributed by atoms with van der Waals surface area (Å²) < 4.78 is 44.6. The van der Waals surface area contributed by atoms with Gasteiger partial charge in [0.05, 0.1) is 27.0 Å². The van der Waals surface area contributed by atoms with E-state index < -0.39 is 16.0 Å². The van der Waals surface area contributed by atoms with Crippen LogP contribution in [0.15, 0.2) is 47.4 Å². The van der Waals surface area contributed by atoms with Crippen LogP contribution in [0, 0.1) is 0 Å². The van der Waals surface area contributed by atoms with Gasteiger partial charge in [-0.3, -0.25) is 4.72 Å². The van der Waals surface area contributed by atoms with E-state index in [1.54, 1.807) is 36.4 Å². The Morgan fingerprint density at radius 1 is 1.04 bits per heavy atom. The lowest BCUT2D eigenvalue weighted by molar-refractivity contribution is 0.0602. The van der Waals surface area contributed by atoms with Crippen molar-refractivity contribution in [2.75, 3.05) is 26.1 Å². The Kier molecular flexibility index (Phi) is 5.24. The molecule has 0 bridgehead atoms. The average Bonchev–Trinajstić information content (AvgIpc) is 3.07. The van der Waals surface area contributed by atoms with Gasteiger partial charge in [-0.25, -0.2) is 13.2 Å². The van der Waals surface area contributed by atoms with Gasteiger partial charge in [0, 0.05) is 16.2 Å². The maximum Gasteiger partial charge on any atom is 0.349 e. The van der Waals surface area contributed by atoms with Gasteiger partial charge in [-0.1, -0.05) is 18.2 Å². The highest BCUT2D eigenvalue weighted by Crippen LogP contribution is 2.38. The number of methoxy groups -OCH3 is 3. The quantitative estimate of drug-likeness (QED) is 0.629. The molecule has 0 saturated heterocycles. The van der Waals surface area contributed by atoms with E-state index in [1.807, 2.05) is 0 Å². The second kappa shape index (κ2) is 7.45.